The molecule has 0 bridgehead atoms. The van der Waals surface area contributed by atoms with Crippen molar-refractivity contribution in [2.75, 3.05) is 7.11 Å². The van der Waals surface area contributed by atoms with Crippen LogP contribution >= 0.6 is 0 Å². The summed E-state index contributed by atoms with van der Waals surface area (Å²) < 4.78 is 49.8. The molecule has 1 aromatic rings. The summed E-state index contributed by atoms with van der Waals surface area (Å²) in [6.07, 6.45) is -4.67. The number of esters is 1. The van der Waals surface area contributed by atoms with Crippen LogP contribution in [0.5, 0.6) is 0 Å². The third kappa shape index (κ3) is 2.93. The number of methoxy groups -OCH3 is 1. The average molecular weight is 338 g/mol. The zero-order chi connectivity index (χ0) is 18.1. The highest BCUT2D eigenvalue weighted by Crippen LogP contribution is 2.44. The van der Waals surface area contributed by atoms with Crippen LogP contribution in [-0.2, 0) is 20.4 Å². The van der Waals surface area contributed by atoms with Gasteiger partial charge in [-0.2, -0.15) is 18.4 Å². The smallest absolute Gasteiger partial charge is 0.416 e. The number of carbonyl (C=O) groups is 1. The van der Waals surface area contributed by atoms with Gasteiger partial charge >= 0.3 is 12.1 Å². The maximum absolute atomic E-state index is 13.3. The number of nitriles is 1. The minimum atomic E-state index is -4.67. The van der Waals surface area contributed by atoms with Crippen LogP contribution in [0, 0.1) is 11.3 Å². The lowest BCUT2D eigenvalue weighted by atomic mass is 9.81. The van der Waals surface area contributed by atoms with Gasteiger partial charge in [-0.1, -0.05) is 18.2 Å². The van der Waals surface area contributed by atoms with Gasteiger partial charge in [0.25, 0.3) is 0 Å². The van der Waals surface area contributed by atoms with Crippen LogP contribution in [0.1, 0.15) is 24.0 Å². The third-order valence-electron chi connectivity index (χ3n) is 3.59. The van der Waals surface area contributed by atoms with Crippen molar-refractivity contribution >= 4 is 5.97 Å². The monoisotopic (exact) mass is 338 g/mol. The molecular weight excluding hydrogens is 325 g/mol. The van der Waals surface area contributed by atoms with Crippen molar-refractivity contribution in [2.24, 2.45) is 5.73 Å². The summed E-state index contributed by atoms with van der Waals surface area (Å²) in [6.45, 7) is 1.39. The highest BCUT2D eigenvalue weighted by molar-refractivity contribution is 5.92. The molecule has 1 aliphatic heterocycles. The van der Waals surface area contributed by atoms with E-state index >= 15 is 0 Å². The molecule has 0 saturated heterocycles. The van der Waals surface area contributed by atoms with Crippen LogP contribution in [-0.4, -0.2) is 13.1 Å². The summed E-state index contributed by atoms with van der Waals surface area (Å²) in [4.78, 5) is 12.0. The minimum Gasteiger partial charge on any atom is -0.465 e. The first kappa shape index (κ1) is 17.4. The fourth-order valence-corrected chi connectivity index (χ4v) is 2.55. The van der Waals surface area contributed by atoms with Crippen LogP contribution in [0.15, 0.2) is 47.1 Å². The molecule has 1 aliphatic rings. The summed E-state index contributed by atoms with van der Waals surface area (Å²) in [5.41, 5.74) is 3.97. The van der Waals surface area contributed by atoms with E-state index in [1.165, 1.54) is 25.1 Å². The first-order chi connectivity index (χ1) is 11.2. The van der Waals surface area contributed by atoms with Gasteiger partial charge < -0.3 is 15.2 Å². The van der Waals surface area contributed by atoms with Crippen LogP contribution in [0.4, 0.5) is 13.2 Å². The predicted molar refractivity (Wildman–Crippen MR) is 76.8 cm³/mol. The van der Waals surface area contributed by atoms with Gasteiger partial charge in [0.05, 0.1) is 30.2 Å². The molecule has 1 atom stereocenters. The van der Waals surface area contributed by atoms with E-state index in [4.69, 9.17) is 10.5 Å². The second-order valence-corrected chi connectivity index (χ2v) is 4.97. The molecule has 0 aromatic heterocycles. The Kier molecular flexibility index (Phi) is 4.55. The summed E-state index contributed by atoms with van der Waals surface area (Å²) in [5.74, 6) is -2.64. The highest BCUT2D eigenvalue weighted by atomic mass is 19.4. The molecule has 1 aromatic carbocycles. The summed E-state index contributed by atoms with van der Waals surface area (Å²) >= 11 is 0. The number of hydrogen-bond acceptors (Lipinski definition) is 5. The number of halogens is 3. The number of ether oxygens (including phenoxy) is 2. The Morgan fingerprint density at radius 1 is 1.38 bits per heavy atom. The van der Waals surface area contributed by atoms with Crippen LogP contribution in [0.2, 0.25) is 0 Å². The van der Waals surface area contributed by atoms with E-state index in [-0.39, 0.29) is 28.4 Å². The SMILES string of the molecule is COC(=O)C1=C(N)OC(C)=C(C#N)[C@H]1c1ccccc1C(F)(F)F. The normalized spacial score (nSPS) is 18.1. The summed E-state index contributed by atoms with van der Waals surface area (Å²) in [5, 5.41) is 9.36. The van der Waals surface area contributed by atoms with Gasteiger partial charge in [-0.05, 0) is 18.6 Å². The molecule has 0 saturated carbocycles. The van der Waals surface area contributed by atoms with Gasteiger partial charge in [0.15, 0.2) is 0 Å². The number of alkyl halides is 3. The number of nitrogens with zero attached hydrogens (tertiary/aromatic N) is 1. The Morgan fingerprint density at radius 3 is 2.54 bits per heavy atom. The van der Waals surface area contributed by atoms with Crippen molar-refractivity contribution in [3.8, 4) is 6.07 Å². The van der Waals surface area contributed by atoms with Crippen molar-refractivity contribution in [2.45, 2.75) is 19.0 Å². The molecule has 5 nitrogen and oxygen atoms in total. The lowest BCUT2D eigenvalue weighted by molar-refractivity contribution is -0.139. The second-order valence-electron chi connectivity index (χ2n) is 4.97. The van der Waals surface area contributed by atoms with E-state index in [1.54, 1.807) is 6.07 Å². The number of carbonyl (C=O) groups excluding carboxylic acids is 1. The number of allylic oxidation sites excluding steroid dienone is 2. The van der Waals surface area contributed by atoms with E-state index in [2.05, 4.69) is 4.74 Å². The number of benzene rings is 1. The van der Waals surface area contributed by atoms with Crippen molar-refractivity contribution in [1.82, 2.24) is 0 Å². The van der Waals surface area contributed by atoms with E-state index < -0.39 is 23.6 Å². The van der Waals surface area contributed by atoms with E-state index in [0.717, 1.165) is 13.2 Å². The first-order valence-electron chi connectivity index (χ1n) is 6.75. The predicted octanol–water partition coefficient (Wildman–Crippen LogP) is 2.96. The number of nitrogens with two attached hydrogens (primary N) is 1. The molecule has 0 aliphatic carbocycles. The van der Waals surface area contributed by atoms with Crippen LogP contribution in [0.25, 0.3) is 0 Å². The van der Waals surface area contributed by atoms with E-state index in [1.807, 2.05) is 0 Å². The highest BCUT2D eigenvalue weighted by Gasteiger charge is 2.42. The topological polar surface area (TPSA) is 85.3 Å². The van der Waals surface area contributed by atoms with Crippen LogP contribution in [0.3, 0.4) is 0 Å². The summed E-state index contributed by atoms with van der Waals surface area (Å²) in [6, 6.07) is 6.48. The maximum Gasteiger partial charge on any atom is 0.416 e. The minimum absolute atomic E-state index is 0.0321. The quantitative estimate of drug-likeness (QED) is 0.838. The molecule has 0 fully saturated rings. The number of rotatable bonds is 2. The van der Waals surface area contributed by atoms with Gasteiger partial charge in [-0.25, -0.2) is 4.79 Å². The van der Waals surface area contributed by atoms with Gasteiger partial charge in [0, 0.05) is 0 Å². The molecule has 0 unspecified atom stereocenters. The van der Waals surface area contributed by atoms with Crippen LogP contribution < -0.4 is 5.73 Å². The Morgan fingerprint density at radius 2 is 2.00 bits per heavy atom. The zero-order valence-electron chi connectivity index (χ0n) is 12.8. The molecule has 1 heterocycles. The standard InChI is InChI=1S/C16H13F3N2O3/c1-8-10(7-20)12(13(14(21)24-8)15(22)23-2)9-5-3-4-6-11(9)16(17,18)19/h3-6,12H,21H2,1-2H3/t12-/m1/s1. The zero-order valence-corrected chi connectivity index (χ0v) is 12.8. The molecule has 0 amide bonds. The molecule has 2 N–H and O–H groups in total. The Labute approximate surface area is 135 Å². The molecule has 0 radical (unpaired) electrons. The van der Waals surface area contributed by atoms with Crippen molar-refractivity contribution in [1.29, 1.82) is 5.26 Å². The van der Waals surface area contributed by atoms with Crippen molar-refractivity contribution < 1.29 is 27.4 Å². The summed E-state index contributed by atoms with van der Waals surface area (Å²) in [7, 11) is 1.06. The molecule has 24 heavy (non-hydrogen) atoms. The van der Waals surface area contributed by atoms with Crippen molar-refractivity contribution in [3.05, 3.63) is 58.2 Å². The van der Waals surface area contributed by atoms with Gasteiger partial charge in [-0.15, -0.1) is 0 Å². The Hall–Kier alpha value is -2.95. The van der Waals surface area contributed by atoms with Gasteiger partial charge in [-0.3, -0.25) is 0 Å². The van der Waals surface area contributed by atoms with Gasteiger partial charge in [0.1, 0.15) is 11.3 Å². The molecule has 2 rings (SSSR count). The third-order valence-corrected chi connectivity index (χ3v) is 3.59. The second kappa shape index (κ2) is 6.28. The lowest BCUT2D eigenvalue weighted by Gasteiger charge is -2.28. The molecule has 8 heteroatoms. The molecular formula is C16H13F3N2O3. The number of hydrogen-bond donors (Lipinski definition) is 1. The molecule has 126 valence electrons. The fourth-order valence-electron chi connectivity index (χ4n) is 2.55. The fraction of sp³-hybridized carbons (Fsp3) is 0.250. The lowest BCUT2D eigenvalue weighted by Crippen LogP contribution is -2.27. The Bertz CT molecular complexity index is 788. The average Bonchev–Trinajstić information content (AvgIpc) is 2.52. The molecule has 0 spiro atoms. The van der Waals surface area contributed by atoms with Gasteiger partial charge in [0.2, 0.25) is 5.88 Å². The largest absolute Gasteiger partial charge is 0.465 e. The van der Waals surface area contributed by atoms with E-state index in [9.17, 15) is 23.2 Å². The van der Waals surface area contributed by atoms with E-state index in [0.29, 0.717) is 0 Å². The van der Waals surface area contributed by atoms with Crippen molar-refractivity contribution in [3.63, 3.8) is 0 Å². The first-order valence-corrected chi connectivity index (χ1v) is 6.75. The maximum atomic E-state index is 13.3. The Balaban J connectivity index is 2.78.